The number of thiophene rings is 1. The summed E-state index contributed by atoms with van der Waals surface area (Å²) in [7, 11) is -4.22. The van der Waals surface area contributed by atoms with Crippen LogP contribution in [-0.4, -0.2) is 18.2 Å². The maximum Gasteiger partial charge on any atom is 0.265 e. The lowest BCUT2D eigenvalue weighted by Crippen LogP contribution is -2.17. The first-order valence-corrected chi connectivity index (χ1v) is 8.83. The zero-order valence-electron chi connectivity index (χ0n) is 11.6. The van der Waals surface area contributed by atoms with Crippen LogP contribution in [0.2, 0.25) is 0 Å². The van der Waals surface area contributed by atoms with Gasteiger partial charge in [-0.2, -0.15) is 5.10 Å². The molecular weight excluding hydrogens is 344 g/mol. The molecule has 9 heteroatoms. The van der Waals surface area contributed by atoms with Gasteiger partial charge in [-0.3, -0.25) is 0 Å². The molecule has 3 aromatic rings. The minimum atomic E-state index is -4.22. The van der Waals surface area contributed by atoms with Crippen LogP contribution in [0.15, 0.2) is 53.0 Å². The van der Waals surface area contributed by atoms with Gasteiger partial charge in [0.05, 0.1) is 5.69 Å². The first-order chi connectivity index (χ1) is 10.9. The molecule has 3 rings (SSSR count). The number of rotatable bonds is 4. The Morgan fingerprint density at radius 2 is 2.04 bits per heavy atom. The summed E-state index contributed by atoms with van der Waals surface area (Å²) >= 11 is 1.32. The van der Waals surface area contributed by atoms with E-state index in [1.165, 1.54) is 41.9 Å². The summed E-state index contributed by atoms with van der Waals surface area (Å²) in [6, 6.07) is 7.54. The predicted molar refractivity (Wildman–Crippen MR) is 83.2 cm³/mol. The largest absolute Gasteiger partial charge is 0.265 e. The molecule has 0 saturated carbocycles. The van der Waals surface area contributed by atoms with Crippen molar-refractivity contribution in [1.29, 1.82) is 0 Å². The van der Waals surface area contributed by atoms with Crippen molar-refractivity contribution >= 4 is 21.4 Å². The maximum atomic E-state index is 13.5. The highest BCUT2D eigenvalue weighted by molar-refractivity contribution is 7.89. The second-order valence-corrected chi connectivity index (χ2v) is 7.16. The van der Waals surface area contributed by atoms with Gasteiger partial charge in [0.15, 0.2) is 0 Å². The number of alkyl halides is 2. The van der Waals surface area contributed by atoms with Gasteiger partial charge in [0.2, 0.25) is 10.0 Å². The van der Waals surface area contributed by atoms with Crippen LogP contribution in [0, 0.1) is 0 Å². The predicted octanol–water partition coefficient (Wildman–Crippen LogP) is 3.19. The van der Waals surface area contributed by atoms with E-state index in [9.17, 15) is 17.2 Å². The molecule has 0 aliphatic heterocycles. The molecule has 0 fully saturated rings. The molecule has 0 aliphatic rings. The van der Waals surface area contributed by atoms with Crippen LogP contribution in [0.1, 0.15) is 12.0 Å². The number of primary sulfonamides is 1. The van der Waals surface area contributed by atoms with Gasteiger partial charge in [0, 0.05) is 22.8 Å². The molecule has 23 heavy (non-hydrogen) atoms. The molecule has 0 amide bonds. The van der Waals surface area contributed by atoms with E-state index in [-0.39, 0.29) is 10.6 Å². The first kappa shape index (κ1) is 15.8. The van der Waals surface area contributed by atoms with Crippen molar-refractivity contribution in [3.63, 3.8) is 0 Å². The number of halogens is 2. The van der Waals surface area contributed by atoms with Gasteiger partial charge in [-0.25, -0.2) is 27.0 Å². The van der Waals surface area contributed by atoms with E-state index in [0.29, 0.717) is 10.4 Å². The van der Waals surface area contributed by atoms with Crippen molar-refractivity contribution < 1.29 is 17.2 Å². The lowest BCUT2D eigenvalue weighted by Gasteiger charge is -2.15. The molecule has 1 aromatic carbocycles. The smallest absolute Gasteiger partial charge is 0.239 e. The van der Waals surface area contributed by atoms with Gasteiger partial charge >= 0.3 is 0 Å². The van der Waals surface area contributed by atoms with E-state index in [1.807, 2.05) is 0 Å². The number of nitrogens with zero attached hydrogens (tertiary/aromatic N) is 2. The Kier molecular flexibility index (Phi) is 4.00. The molecule has 2 N–H and O–H groups in total. The first-order valence-electron chi connectivity index (χ1n) is 6.40. The number of hydrogen-bond donors (Lipinski definition) is 1. The number of benzene rings is 1. The third-order valence-electron chi connectivity index (χ3n) is 3.19. The molecule has 0 atom stereocenters. The fourth-order valence-corrected chi connectivity index (χ4v) is 3.73. The number of nitrogens with two attached hydrogens (primary N) is 1. The Hall–Kier alpha value is -2.10. The molecule has 0 saturated heterocycles. The van der Waals surface area contributed by atoms with E-state index in [4.69, 9.17) is 5.14 Å². The molecule has 120 valence electrons. The van der Waals surface area contributed by atoms with Crippen LogP contribution in [0.4, 0.5) is 8.78 Å². The van der Waals surface area contributed by atoms with E-state index in [2.05, 4.69) is 5.10 Å². The monoisotopic (exact) mass is 355 g/mol. The van der Waals surface area contributed by atoms with Crippen LogP contribution in [0.25, 0.3) is 16.1 Å². The fraction of sp³-hybridized carbons (Fsp3) is 0.0714. The summed E-state index contributed by atoms with van der Waals surface area (Å²) in [4.78, 5) is 0.284. The quantitative estimate of drug-likeness (QED) is 0.781. The highest BCUT2D eigenvalue weighted by Gasteiger charge is 2.25. The van der Waals surface area contributed by atoms with Gasteiger partial charge in [-0.1, -0.05) is 6.07 Å². The minimum Gasteiger partial charge on any atom is -0.239 e. The van der Waals surface area contributed by atoms with Crippen LogP contribution >= 0.6 is 11.3 Å². The van der Waals surface area contributed by atoms with Gasteiger partial charge < -0.3 is 0 Å². The summed E-state index contributed by atoms with van der Waals surface area (Å²) < 4.78 is 52.0. The number of aromatic nitrogens is 2. The van der Waals surface area contributed by atoms with Crippen LogP contribution < -0.4 is 5.14 Å². The van der Waals surface area contributed by atoms with Gasteiger partial charge in [0.25, 0.3) is 6.43 Å². The van der Waals surface area contributed by atoms with Crippen molar-refractivity contribution in [3.8, 4) is 16.1 Å². The van der Waals surface area contributed by atoms with Gasteiger partial charge in [-0.05, 0) is 35.2 Å². The molecule has 0 unspecified atom stereocenters. The molecule has 5 nitrogen and oxygen atoms in total. The zero-order valence-corrected chi connectivity index (χ0v) is 13.2. The van der Waals surface area contributed by atoms with Gasteiger partial charge in [0.1, 0.15) is 4.90 Å². The molecule has 0 bridgehead atoms. The fourth-order valence-electron chi connectivity index (χ4n) is 2.24. The van der Waals surface area contributed by atoms with Crippen LogP contribution in [-0.2, 0) is 10.0 Å². The second kappa shape index (κ2) is 5.84. The Morgan fingerprint density at radius 3 is 2.57 bits per heavy atom. The third-order valence-corrected chi connectivity index (χ3v) is 5.03. The normalized spacial score (nSPS) is 12.0. The summed E-state index contributed by atoms with van der Waals surface area (Å²) in [6.07, 6.45) is -0.120. The van der Waals surface area contributed by atoms with Crippen molar-refractivity contribution in [2.24, 2.45) is 5.14 Å². The molecule has 2 aromatic heterocycles. The van der Waals surface area contributed by atoms with Gasteiger partial charge in [-0.15, -0.1) is 11.3 Å². The summed E-state index contributed by atoms with van der Waals surface area (Å²) in [5.74, 6) is 0. The standard InChI is InChI=1S/C14H11F2N3O2S2/c15-14(16)10-7-9(11-3-1-6-22-11)8-12(23(17,20)21)13(10)19-5-2-4-18-19/h1-8,14H,(H2,17,20,21). The van der Waals surface area contributed by atoms with Crippen molar-refractivity contribution in [3.05, 3.63) is 53.7 Å². The average Bonchev–Trinajstić information content (AvgIpc) is 3.18. The Balaban J connectivity index is 2.38. The van der Waals surface area contributed by atoms with Crippen molar-refractivity contribution in [2.75, 3.05) is 0 Å². The summed E-state index contributed by atoms with van der Waals surface area (Å²) in [6.45, 7) is 0. The van der Waals surface area contributed by atoms with E-state index >= 15 is 0 Å². The molecule has 0 aliphatic carbocycles. The highest BCUT2D eigenvalue weighted by atomic mass is 32.2. The Morgan fingerprint density at radius 1 is 1.26 bits per heavy atom. The highest BCUT2D eigenvalue weighted by Crippen LogP contribution is 2.36. The average molecular weight is 355 g/mol. The number of hydrogen-bond acceptors (Lipinski definition) is 4. The maximum absolute atomic E-state index is 13.5. The lowest BCUT2D eigenvalue weighted by molar-refractivity contribution is 0.151. The van der Waals surface area contributed by atoms with E-state index in [1.54, 1.807) is 17.5 Å². The molecular formula is C14H11F2N3O2S2. The topological polar surface area (TPSA) is 78.0 Å². The summed E-state index contributed by atoms with van der Waals surface area (Å²) in [5.41, 5.74) is -0.299. The molecule has 0 radical (unpaired) electrons. The van der Waals surface area contributed by atoms with E-state index < -0.39 is 22.0 Å². The van der Waals surface area contributed by atoms with Crippen LogP contribution in [0.3, 0.4) is 0 Å². The minimum absolute atomic E-state index is 0.229. The van der Waals surface area contributed by atoms with Crippen LogP contribution in [0.5, 0.6) is 0 Å². The lowest BCUT2D eigenvalue weighted by atomic mass is 10.1. The molecule has 2 heterocycles. The number of sulfonamides is 1. The zero-order chi connectivity index (χ0) is 16.6. The second-order valence-electron chi connectivity index (χ2n) is 4.69. The van der Waals surface area contributed by atoms with Crippen molar-refractivity contribution in [2.45, 2.75) is 11.3 Å². The molecule has 0 spiro atoms. The van der Waals surface area contributed by atoms with Crippen molar-refractivity contribution in [1.82, 2.24) is 9.78 Å². The summed E-state index contributed by atoms with van der Waals surface area (Å²) in [5, 5.41) is 10.9. The third kappa shape index (κ3) is 3.03. The Bertz CT molecular complexity index is 921. The van der Waals surface area contributed by atoms with E-state index in [0.717, 1.165) is 4.68 Å². The SMILES string of the molecule is NS(=O)(=O)c1cc(-c2cccs2)cc(C(F)F)c1-n1cccn1. The Labute approximate surface area is 135 Å².